The number of rotatable bonds is 5. The molecule has 0 unspecified atom stereocenters. The molecule has 6 nitrogen and oxygen atoms in total. The quantitative estimate of drug-likeness (QED) is 0.227. The van der Waals surface area contributed by atoms with E-state index in [2.05, 4.69) is 4.98 Å². The Hall–Kier alpha value is -4.19. The summed E-state index contributed by atoms with van der Waals surface area (Å²) >= 11 is 0. The first kappa shape index (κ1) is 20.5. The molecule has 0 atom stereocenters. The van der Waals surface area contributed by atoms with Crippen LogP contribution in [0.4, 0.5) is 18.9 Å². The van der Waals surface area contributed by atoms with Crippen LogP contribution in [-0.2, 0) is 6.18 Å². The third kappa shape index (κ3) is 4.80. The molecule has 3 aromatic rings. The summed E-state index contributed by atoms with van der Waals surface area (Å²) in [6.45, 7) is 0. The Kier molecular flexibility index (Phi) is 5.78. The molecule has 1 aromatic heterocycles. The molecule has 2 aromatic carbocycles. The molecule has 3 rings (SSSR count). The van der Waals surface area contributed by atoms with Gasteiger partial charge in [0.2, 0.25) is 0 Å². The molecule has 0 aliphatic rings. The van der Waals surface area contributed by atoms with Crippen LogP contribution in [-0.4, -0.2) is 9.91 Å². The molecule has 0 aliphatic heterocycles. The molecule has 0 bridgehead atoms. The second-order valence-electron chi connectivity index (χ2n) is 6.00. The first-order valence-corrected chi connectivity index (χ1v) is 8.44. The lowest BCUT2D eigenvalue weighted by Gasteiger charge is -2.07. The van der Waals surface area contributed by atoms with E-state index in [0.29, 0.717) is 11.1 Å². The van der Waals surface area contributed by atoms with Crippen LogP contribution in [0.25, 0.3) is 11.6 Å². The number of benzene rings is 2. The summed E-state index contributed by atoms with van der Waals surface area (Å²) in [5.74, 6) is 0.100. The van der Waals surface area contributed by atoms with Crippen molar-refractivity contribution in [1.29, 1.82) is 5.26 Å². The zero-order valence-electron chi connectivity index (χ0n) is 15.1. The fraction of sp³-hybridized carbons (Fsp3) is 0.0476. The minimum atomic E-state index is -4.43. The van der Waals surface area contributed by atoms with Gasteiger partial charge in [0.1, 0.15) is 5.75 Å². The zero-order chi connectivity index (χ0) is 21.7. The molecule has 0 saturated carbocycles. The average molecular weight is 411 g/mol. The molecule has 0 aliphatic carbocycles. The van der Waals surface area contributed by atoms with Crippen molar-refractivity contribution in [1.82, 2.24) is 4.98 Å². The smallest absolute Gasteiger partial charge is 0.416 e. The Morgan fingerprint density at radius 1 is 1.10 bits per heavy atom. The third-order valence-electron chi connectivity index (χ3n) is 4.00. The van der Waals surface area contributed by atoms with Crippen molar-refractivity contribution in [2.75, 3.05) is 0 Å². The maximum Gasteiger partial charge on any atom is 0.416 e. The Morgan fingerprint density at radius 2 is 1.77 bits per heavy atom. The van der Waals surface area contributed by atoms with Gasteiger partial charge >= 0.3 is 11.9 Å². The molecule has 1 heterocycles. The van der Waals surface area contributed by atoms with Gasteiger partial charge in [-0.15, -0.1) is 0 Å². The molecule has 0 spiro atoms. The molecule has 0 N–H and O–H groups in total. The van der Waals surface area contributed by atoms with Crippen LogP contribution in [0.5, 0.6) is 11.6 Å². The minimum Gasteiger partial charge on any atom is -0.434 e. The van der Waals surface area contributed by atoms with Gasteiger partial charge in [0.25, 0.3) is 5.88 Å². The van der Waals surface area contributed by atoms with Crippen molar-refractivity contribution >= 4 is 17.3 Å². The average Bonchev–Trinajstić information content (AvgIpc) is 2.72. The van der Waals surface area contributed by atoms with E-state index in [1.165, 1.54) is 48.7 Å². The summed E-state index contributed by atoms with van der Waals surface area (Å²) in [4.78, 5) is 14.3. The minimum absolute atomic E-state index is 0.170. The largest absolute Gasteiger partial charge is 0.434 e. The summed E-state index contributed by atoms with van der Waals surface area (Å²) in [6, 6.07) is 15.2. The predicted molar refractivity (Wildman–Crippen MR) is 102 cm³/mol. The van der Waals surface area contributed by atoms with Gasteiger partial charge in [-0.25, -0.2) is 4.98 Å². The summed E-state index contributed by atoms with van der Waals surface area (Å²) in [6.07, 6.45) is -1.62. The van der Waals surface area contributed by atoms with Gasteiger partial charge in [-0.2, -0.15) is 18.4 Å². The van der Waals surface area contributed by atoms with E-state index in [-0.39, 0.29) is 22.9 Å². The first-order valence-electron chi connectivity index (χ1n) is 8.44. The van der Waals surface area contributed by atoms with E-state index in [4.69, 9.17) is 4.74 Å². The van der Waals surface area contributed by atoms with E-state index < -0.39 is 16.7 Å². The van der Waals surface area contributed by atoms with E-state index >= 15 is 0 Å². The van der Waals surface area contributed by atoms with E-state index in [1.807, 2.05) is 6.07 Å². The molecular formula is C21H12F3N3O3. The summed E-state index contributed by atoms with van der Waals surface area (Å²) in [7, 11) is 0. The molecular weight excluding hydrogens is 399 g/mol. The van der Waals surface area contributed by atoms with Crippen LogP contribution in [0.15, 0.2) is 66.9 Å². The number of pyridine rings is 1. The van der Waals surface area contributed by atoms with Crippen LogP contribution in [0, 0.1) is 21.4 Å². The predicted octanol–water partition coefficient (Wildman–Crippen LogP) is 5.87. The fourth-order valence-electron chi connectivity index (χ4n) is 2.53. The van der Waals surface area contributed by atoms with Crippen molar-refractivity contribution in [3.63, 3.8) is 0 Å². The number of hydrogen-bond donors (Lipinski definition) is 0. The van der Waals surface area contributed by atoms with E-state index in [0.717, 1.165) is 12.1 Å². The molecule has 9 heteroatoms. The number of alkyl halides is 3. The van der Waals surface area contributed by atoms with Crippen LogP contribution in [0.3, 0.4) is 0 Å². The fourth-order valence-corrected chi connectivity index (χ4v) is 2.53. The van der Waals surface area contributed by atoms with Gasteiger partial charge in [-0.1, -0.05) is 12.1 Å². The number of nitriles is 1. The van der Waals surface area contributed by atoms with E-state index in [9.17, 15) is 28.5 Å². The monoisotopic (exact) mass is 411 g/mol. The Bertz CT molecular complexity index is 1130. The lowest BCUT2D eigenvalue weighted by Crippen LogP contribution is -2.03. The Balaban J connectivity index is 1.81. The molecule has 0 saturated heterocycles. The molecule has 150 valence electrons. The lowest BCUT2D eigenvalue weighted by molar-refractivity contribution is -0.386. The van der Waals surface area contributed by atoms with Gasteiger partial charge in [0, 0.05) is 12.3 Å². The second kappa shape index (κ2) is 8.45. The summed E-state index contributed by atoms with van der Waals surface area (Å²) in [5.41, 5.74) is 0.0964. The highest BCUT2D eigenvalue weighted by Gasteiger charge is 2.29. The maximum absolute atomic E-state index is 12.7. The number of ether oxygens (including phenoxy) is 1. The van der Waals surface area contributed by atoms with Crippen LogP contribution >= 0.6 is 0 Å². The molecule has 0 radical (unpaired) electrons. The SMILES string of the molecule is N#C/C(=C\c1ccc(C(F)(F)F)cc1)c1ccc(Oc2ncccc2[N+](=O)[O-])cc1. The summed E-state index contributed by atoms with van der Waals surface area (Å²) in [5, 5.41) is 20.4. The van der Waals surface area contributed by atoms with Crippen molar-refractivity contribution in [2.45, 2.75) is 6.18 Å². The Morgan fingerprint density at radius 3 is 2.33 bits per heavy atom. The van der Waals surface area contributed by atoms with Crippen molar-refractivity contribution in [3.05, 3.63) is 93.7 Å². The lowest BCUT2D eigenvalue weighted by atomic mass is 10.0. The Labute approximate surface area is 168 Å². The van der Waals surface area contributed by atoms with Gasteiger partial charge in [-0.3, -0.25) is 10.1 Å². The second-order valence-corrected chi connectivity index (χ2v) is 6.00. The number of halogens is 3. The number of nitrogens with zero attached hydrogens (tertiary/aromatic N) is 3. The summed E-state index contributed by atoms with van der Waals surface area (Å²) < 4.78 is 43.4. The number of hydrogen-bond acceptors (Lipinski definition) is 5. The highest BCUT2D eigenvalue weighted by molar-refractivity contribution is 5.89. The molecule has 0 amide bonds. The number of aromatic nitrogens is 1. The highest BCUT2D eigenvalue weighted by Crippen LogP contribution is 2.31. The third-order valence-corrected chi connectivity index (χ3v) is 4.00. The highest BCUT2D eigenvalue weighted by atomic mass is 19.4. The van der Waals surface area contributed by atoms with Crippen molar-refractivity contribution in [2.24, 2.45) is 0 Å². The van der Waals surface area contributed by atoms with Gasteiger partial charge in [0.15, 0.2) is 0 Å². The first-order chi connectivity index (χ1) is 14.3. The van der Waals surface area contributed by atoms with E-state index in [1.54, 1.807) is 12.1 Å². The normalized spacial score (nSPS) is 11.6. The maximum atomic E-state index is 12.7. The van der Waals surface area contributed by atoms with Gasteiger partial charge in [-0.05, 0) is 59.7 Å². The van der Waals surface area contributed by atoms with Crippen molar-refractivity contribution in [3.8, 4) is 17.7 Å². The zero-order valence-corrected chi connectivity index (χ0v) is 15.1. The van der Waals surface area contributed by atoms with Crippen LogP contribution < -0.4 is 4.74 Å². The molecule has 0 fully saturated rings. The van der Waals surface area contributed by atoms with Gasteiger partial charge < -0.3 is 4.74 Å². The van der Waals surface area contributed by atoms with Crippen LogP contribution in [0.1, 0.15) is 16.7 Å². The van der Waals surface area contributed by atoms with Crippen molar-refractivity contribution < 1.29 is 22.8 Å². The number of nitro groups is 1. The molecule has 30 heavy (non-hydrogen) atoms. The van der Waals surface area contributed by atoms with Gasteiger partial charge in [0.05, 0.1) is 22.1 Å². The number of allylic oxidation sites excluding steroid dienone is 1. The van der Waals surface area contributed by atoms with Crippen LogP contribution in [0.2, 0.25) is 0 Å². The standard InChI is InChI=1S/C21H12F3N3O3/c22-21(23,24)17-7-3-14(4-8-17)12-16(13-25)15-5-9-18(10-6-15)30-20-19(27(28)29)2-1-11-26-20/h1-12H/b16-12+. The topological polar surface area (TPSA) is 89.0 Å².